The maximum atomic E-state index is 9.36. The summed E-state index contributed by atoms with van der Waals surface area (Å²) >= 11 is 0. The SMILES string of the molecule is Cc1nc(C)c(C)c(-c2ccc3c(c2)C2(c4ccccc4Oc4ccccc42)c2cc(-c4ccc(C#N)cc4)ccc2-3)n1. The van der Waals surface area contributed by atoms with E-state index in [0.29, 0.717) is 5.56 Å². The van der Waals surface area contributed by atoms with Crippen LogP contribution in [0.3, 0.4) is 0 Å². The Bertz CT molecular complexity index is 2110. The predicted octanol–water partition coefficient (Wildman–Crippen LogP) is 9.08. The van der Waals surface area contributed by atoms with Crippen molar-refractivity contribution < 1.29 is 4.74 Å². The molecule has 2 heterocycles. The first-order chi connectivity index (χ1) is 21.0. The standard InChI is InChI=1S/C39H27N3O/c1-23-24(2)41-25(3)42-38(23)29-17-19-31-30-18-16-28(27-14-12-26(22-40)13-15-27)20-34(30)39(35(31)21-29)32-8-4-6-10-36(32)43-37-11-7-5-9-33(37)39/h4-21H,1-3H3. The highest BCUT2D eigenvalue weighted by Gasteiger charge is 2.51. The fraction of sp³-hybridized carbons (Fsp3) is 0.103. The molecular weight excluding hydrogens is 526 g/mol. The summed E-state index contributed by atoms with van der Waals surface area (Å²) < 4.78 is 6.55. The number of rotatable bonds is 2. The third-order valence-corrected chi connectivity index (χ3v) is 9.06. The second-order valence-electron chi connectivity index (χ2n) is 11.4. The van der Waals surface area contributed by atoms with Crippen LogP contribution in [0.5, 0.6) is 11.5 Å². The van der Waals surface area contributed by atoms with Crippen LogP contribution in [0.2, 0.25) is 0 Å². The average Bonchev–Trinajstić information content (AvgIpc) is 3.32. The van der Waals surface area contributed by atoms with Crippen molar-refractivity contribution in [1.82, 2.24) is 9.97 Å². The van der Waals surface area contributed by atoms with Crippen LogP contribution >= 0.6 is 0 Å². The van der Waals surface area contributed by atoms with E-state index in [1.807, 2.05) is 50.2 Å². The molecule has 1 aliphatic heterocycles. The number of nitrogens with zero attached hydrogens (tertiary/aromatic N) is 3. The lowest BCUT2D eigenvalue weighted by molar-refractivity contribution is 0.436. The van der Waals surface area contributed by atoms with Gasteiger partial charge in [0.25, 0.3) is 0 Å². The molecule has 0 atom stereocenters. The van der Waals surface area contributed by atoms with Gasteiger partial charge in [0.2, 0.25) is 0 Å². The van der Waals surface area contributed by atoms with Gasteiger partial charge in [0.1, 0.15) is 17.3 Å². The van der Waals surface area contributed by atoms with Crippen molar-refractivity contribution in [2.24, 2.45) is 0 Å². The fourth-order valence-electron chi connectivity index (χ4n) is 7.01. The highest BCUT2D eigenvalue weighted by Crippen LogP contribution is 2.62. The van der Waals surface area contributed by atoms with Gasteiger partial charge in [-0.25, -0.2) is 9.97 Å². The summed E-state index contributed by atoms with van der Waals surface area (Å²) in [5, 5.41) is 9.36. The number of nitriles is 1. The monoisotopic (exact) mass is 553 g/mol. The van der Waals surface area contributed by atoms with Crippen molar-refractivity contribution >= 4 is 0 Å². The van der Waals surface area contributed by atoms with Gasteiger partial charge in [-0.05, 0) is 96.1 Å². The van der Waals surface area contributed by atoms with Crippen molar-refractivity contribution in [2.45, 2.75) is 26.2 Å². The summed E-state index contributed by atoms with van der Waals surface area (Å²) in [6.45, 7) is 6.11. The molecule has 1 aliphatic carbocycles. The van der Waals surface area contributed by atoms with Crippen molar-refractivity contribution in [2.75, 3.05) is 0 Å². The van der Waals surface area contributed by atoms with Crippen LogP contribution in [-0.4, -0.2) is 9.97 Å². The minimum atomic E-state index is -0.597. The molecule has 0 saturated carbocycles. The van der Waals surface area contributed by atoms with Gasteiger partial charge in [0.05, 0.1) is 22.7 Å². The number of hydrogen-bond donors (Lipinski definition) is 0. The molecule has 4 heteroatoms. The topological polar surface area (TPSA) is 58.8 Å². The minimum absolute atomic E-state index is 0.597. The Balaban J connectivity index is 1.47. The first kappa shape index (κ1) is 25.2. The molecule has 0 fully saturated rings. The summed E-state index contributed by atoms with van der Waals surface area (Å²) in [6, 6.07) is 40.4. The zero-order valence-electron chi connectivity index (χ0n) is 24.1. The van der Waals surface area contributed by atoms with Gasteiger partial charge >= 0.3 is 0 Å². The van der Waals surface area contributed by atoms with E-state index in [0.717, 1.165) is 62.1 Å². The Morgan fingerprint density at radius 3 is 1.79 bits per heavy atom. The number of hydrogen-bond acceptors (Lipinski definition) is 4. The molecule has 0 saturated heterocycles. The second-order valence-corrected chi connectivity index (χ2v) is 11.4. The Morgan fingerprint density at radius 2 is 1.16 bits per heavy atom. The van der Waals surface area contributed by atoms with Crippen LogP contribution in [0.1, 0.15) is 44.9 Å². The predicted molar refractivity (Wildman–Crippen MR) is 169 cm³/mol. The van der Waals surface area contributed by atoms with E-state index in [1.54, 1.807) is 0 Å². The molecule has 8 rings (SSSR count). The zero-order chi connectivity index (χ0) is 29.3. The quantitative estimate of drug-likeness (QED) is 0.214. The average molecular weight is 554 g/mol. The molecule has 43 heavy (non-hydrogen) atoms. The van der Waals surface area contributed by atoms with E-state index < -0.39 is 5.41 Å². The Hall–Kier alpha value is -5.53. The first-order valence-corrected chi connectivity index (χ1v) is 14.5. The molecule has 1 spiro atoms. The number of aromatic nitrogens is 2. The maximum absolute atomic E-state index is 9.36. The summed E-state index contributed by atoms with van der Waals surface area (Å²) in [7, 11) is 0. The van der Waals surface area contributed by atoms with Crippen LogP contribution in [-0.2, 0) is 5.41 Å². The number of ether oxygens (including phenoxy) is 1. The van der Waals surface area contributed by atoms with Gasteiger partial charge in [0, 0.05) is 22.4 Å². The van der Waals surface area contributed by atoms with Gasteiger partial charge in [-0.15, -0.1) is 0 Å². The Morgan fingerprint density at radius 1 is 0.605 bits per heavy atom. The van der Waals surface area contributed by atoms with Gasteiger partial charge in [-0.3, -0.25) is 0 Å². The molecule has 4 nitrogen and oxygen atoms in total. The maximum Gasteiger partial charge on any atom is 0.132 e. The molecule has 0 radical (unpaired) electrons. The van der Waals surface area contributed by atoms with Crippen molar-refractivity contribution in [1.29, 1.82) is 5.26 Å². The highest BCUT2D eigenvalue weighted by atomic mass is 16.5. The smallest absolute Gasteiger partial charge is 0.132 e. The van der Waals surface area contributed by atoms with Crippen molar-refractivity contribution in [3.8, 4) is 51.1 Å². The van der Waals surface area contributed by atoms with E-state index >= 15 is 0 Å². The molecule has 2 aliphatic rings. The third kappa shape index (κ3) is 3.55. The van der Waals surface area contributed by atoms with Crippen LogP contribution in [0.4, 0.5) is 0 Å². The number of fused-ring (bicyclic) bond motifs is 9. The Kier molecular flexibility index (Phi) is 5.42. The molecular formula is C39H27N3O. The van der Waals surface area contributed by atoms with Crippen LogP contribution in [0, 0.1) is 32.1 Å². The molecule has 5 aromatic carbocycles. The van der Waals surface area contributed by atoms with E-state index in [9.17, 15) is 5.26 Å². The van der Waals surface area contributed by atoms with Crippen molar-refractivity contribution in [3.63, 3.8) is 0 Å². The number of benzene rings is 5. The van der Waals surface area contributed by atoms with Gasteiger partial charge < -0.3 is 4.74 Å². The Labute approximate surface area is 250 Å². The summed E-state index contributed by atoms with van der Waals surface area (Å²) in [5.41, 5.74) is 13.4. The van der Waals surface area contributed by atoms with Crippen LogP contribution in [0.25, 0.3) is 33.5 Å². The largest absolute Gasteiger partial charge is 0.457 e. The van der Waals surface area contributed by atoms with Crippen molar-refractivity contribution in [3.05, 3.63) is 154 Å². The van der Waals surface area contributed by atoms with Crippen LogP contribution in [0.15, 0.2) is 109 Å². The van der Waals surface area contributed by atoms with E-state index in [1.165, 1.54) is 22.3 Å². The summed E-state index contributed by atoms with van der Waals surface area (Å²) in [6.07, 6.45) is 0. The lowest BCUT2D eigenvalue weighted by Crippen LogP contribution is -2.32. The first-order valence-electron chi connectivity index (χ1n) is 14.5. The second kappa shape index (κ2) is 9.24. The van der Waals surface area contributed by atoms with E-state index in [-0.39, 0.29) is 0 Å². The number of aryl methyl sites for hydroxylation is 2. The number of para-hydroxylation sites is 2. The molecule has 6 aromatic rings. The van der Waals surface area contributed by atoms with Gasteiger partial charge in [-0.1, -0.05) is 72.8 Å². The molecule has 0 unspecified atom stereocenters. The van der Waals surface area contributed by atoms with Crippen LogP contribution < -0.4 is 4.74 Å². The molecule has 0 amide bonds. The molecule has 0 N–H and O–H groups in total. The van der Waals surface area contributed by atoms with Gasteiger partial charge in [-0.2, -0.15) is 5.26 Å². The third-order valence-electron chi connectivity index (χ3n) is 9.06. The molecule has 204 valence electrons. The highest BCUT2D eigenvalue weighted by molar-refractivity contribution is 5.91. The van der Waals surface area contributed by atoms with Gasteiger partial charge in [0.15, 0.2) is 0 Å². The minimum Gasteiger partial charge on any atom is -0.457 e. The fourth-order valence-corrected chi connectivity index (χ4v) is 7.01. The normalized spacial score (nSPS) is 13.3. The molecule has 0 bridgehead atoms. The summed E-state index contributed by atoms with van der Waals surface area (Å²) in [5.74, 6) is 2.49. The summed E-state index contributed by atoms with van der Waals surface area (Å²) in [4.78, 5) is 9.52. The lowest BCUT2D eigenvalue weighted by Gasteiger charge is -2.39. The van der Waals surface area contributed by atoms with E-state index in [4.69, 9.17) is 9.72 Å². The zero-order valence-corrected chi connectivity index (χ0v) is 24.1. The molecule has 1 aromatic heterocycles. The lowest BCUT2D eigenvalue weighted by atomic mass is 9.65. The van der Waals surface area contributed by atoms with E-state index in [2.05, 4.69) is 90.8 Å².